The molecule has 0 bridgehead atoms. The Hall–Kier alpha value is -3.01. The second-order valence-electron chi connectivity index (χ2n) is 12.2. The molecule has 7 nitrogen and oxygen atoms in total. The van der Waals surface area contributed by atoms with E-state index in [2.05, 4.69) is 30.4 Å². The van der Waals surface area contributed by atoms with Crippen molar-refractivity contribution in [3.63, 3.8) is 0 Å². The highest BCUT2D eigenvalue weighted by molar-refractivity contribution is 5.92. The highest BCUT2D eigenvalue weighted by Crippen LogP contribution is 2.30. The van der Waals surface area contributed by atoms with Crippen LogP contribution in [0.2, 0.25) is 0 Å². The van der Waals surface area contributed by atoms with E-state index in [1.807, 2.05) is 46.8 Å². The molecule has 212 valence electrons. The number of ether oxygens (including phenoxy) is 1. The molecule has 0 saturated carbocycles. The molecule has 0 fully saturated rings. The molecule has 0 heterocycles. The van der Waals surface area contributed by atoms with E-state index in [1.54, 1.807) is 37.8 Å². The summed E-state index contributed by atoms with van der Waals surface area (Å²) in [6.07, 6.45) is 7.11. The van der Waals surface area contributed by atoms with E-state index < -0.39 is 23.8 Å². The van der Waals surface area contributed by atoms with Crippen LogP contribution in [-0.2, 0) is 14.3 Å². The first kappa shape index (κ1) is 33.0. The van der Waals surface area contributed by atoms with Gasteiger partial charge < -0.3 is 20.3 Å². The van der Waals surface area contributed by atoms with Crippen LogP contribution < -0.4 is 10.6 Å². The Labute approximate surface area is 230 Å². The van der Waals surface area contributed by atoms with Crippen molar-refractivity contribution in [3.8, 4) is 12.3 Å². The first-order valence-electron chi connectivity index (χ1n) is 13.7. The number of carbonyl (C=O) groups is 3. The molecule has 38 heavy (non-hydrogen) atoms. The predicted molar refractivity (Wildman–Crippen MR) is 153 cm³/mol. The molecule has 2 N–H and O–H groups in total. The topological polar surface area (TPSA) is 87.7 Å². The van der Waals surface area contributed by atoms with Gasteiger partial charge in [-0.3, -0.25) is 9.59 Å². The van der Waals surface area contributed by atoms with Gasteiger partial charge in [-0.25, -0.2) is 4.79 Å². The summed E-state index contributed by atoms with van der Waals surface area (Å²) in [5.41, 5.74) is 0.412. The Morgan fingerprint density at radius 2 is 1.55 bits per heavy atom. The molecule has 0 saturated heterocycles. The van der Waals surface area contributed by atoms with Crippen LogP contribution in [0.15, 0.2) is 24.3 Å². The lowest BCUT2D eigenvalue weighted by molar-refractivity contribution is -0.145. The maximum absolute atomic E-state index is 14.4. The van der Waals surface area contributed by atoms with Crippen LogP contribution in [0, 0.1) is 24.2 Å². The molecular weight excluding hydrogens is 478 g/mol. The molecule has 1 rings (SSSR count). The van der Waals surface area contributed by atoms with Crippen LogP contribution in [0.5, 0.6) is 0 Å². The van der Waals surface area contributed by atoms with Gasteiger partial charge in [0.1, 0.15) is 17.7 Å². The fourth-order valence-corrected chi connectivity index (χ4v) is 4.28. The lowest BCUT2D eigenvalue weighted by Crippen LogP contribution is -2.56. The molecule has 0 spiro atoms. The number of rotatable bonds is 12. The number of terminal acetylenes is 1. The third-order valence-corrected chi connectivity index (χ3v) is 5.96. The van der Waals surface area contributed by atoms with Gasteiger partial charge >= 0.3 is 6.09 Å². The fourth-order valence-electron chi connectivity index (χ4n) is 4.28. The standard InChI is InChI=1S/C31H49N3O4/c1-12-24-15-13-14-16-25(24)27(28(35)32-22(6)7)34(23(8)18-17-20(2)3)29(36)26(19-21(4)5)33-30(37)38-31(9,10)11/h1,13-16,20-23,26-27H,17-19H2,2-11H3,(H,32,35)(H,33,37). The molecule has 3 unspecified atom stereocenters. The number of hydrogen-bond donors (Lipinski definition) is 2. The largest absolute Gasteiger partial charge is 0.444 e. The molecular formula is C31H49N3O4. The van der Waals surface area contributed by atoms with Crippen molar-refractivity contribution in [2.45, 2.75) is 118 Å². The zero-order valence-corrected chi connectivity index (χ0v) is 25.1. The van der Waals surface area contributed by atoms with Crippen LogP contribution in [-0.4, -0.2) is 46.5 Å². The van der Waals surface area contributed by atoms with E-state index >= 15 is 0 Å². The number of amides is 3. The third kappa shape index (κ3) is 10.8. The van der Waals surface area contributed by atoms with Crippen LogP contribution in [0.25, 0.3) is 0 Å². The van der Waals surface area contributed by atoms with Gasteiger partial charge in [0.15, 0.2) is 0 Å². The van der Waals surface area contributed by atoms with Crippen molar-refractivity contribution in [3.05, 3.63) is 35.4 Å². The second-order valence-corrected chi connectivity index (χ2v) is 12.2. The van der Waals surface area contributed by atoms with Gasteiger partial charge in [-0.1, -0.05) is 51.8 Å². The van der Waals surface area contributed by atoms with Gasteiger partial charge in [0.05, 0.1) is 0 Å². The number of nitrogens with zero attached hydrogens (tertiary/aromatic N) is 1. The average molecular weight is 528 g/mol. The van der Waals surface area contributed by atoms with E-state index in [4.69, 9.17) is 11.2 Å². The minimum atomic E-state index is -0.964. The molecule has 7 heteroatoms. The molecule has 0 aliphatic carbocycles. The maximum Gasteiger partial charge on any atom is 0.408 e. The van der Waals surface area contributed by atoms with Gasteiger partial charge in [0, 0.05) is 17.6 Å². The SMILES string of the molecule is C#Cc1ccccc1C(C(=O)NC(C)C)N(C(=O)C(CC(C)C)NC(=O)OC(C)(C)C)C(C)CCC(C)C. The van der Waals surface area contributed by atoms with Gasteiger partial charge in [0.25, 0.3) is 0 Å². The van der Waals surface area contributed by atoms with Crippen LogP contribution in [0.1, 0.15) is 106 Å². The highest BCUT2D eigenvalue weighted by Gasteiger charge is 2.40. The monoisotopic (exact) mass is 527 g/mol. The minimum Gasteiger partial charge on any atom is -0.444 e. The van der Waals surface area contributed by atoms with Crippen molar-refractivity contribution in [2.75, 3.05) is 0 Å². The highest BCUT2D eigenvalue weighted by atomic mass is 16.6. The molecule has 1 aromatic carbocycles. The summed E-state index contributed by atoms with van der Waals surface area (Å²) in [7, 11) is 0. The first-order chi connectivity index (χ1) is 17.6. The zero-order valence-electron chi connectivity index (χ0n) is 25.1. The summed E-state index contributed by atoms with van der Waals surface area (Å²) < 4.78 is 5.47. The average Bonchev–Trinajstić information content (AvgIpc) is 2.78. The van der Waals surface area contributed by atoms with Crippen LogP contribution in [0.3, 0.4) is 0 Å². The van der Waals surface area contributed by atoms with E-state index in [0.717, 1.165) is 6.42 Å². The third-order valence-electron chi connectivity index (χ3n) is 5.96. The second kappa shape index (κ2) is 14.8. The van der Waals surface area contributed by atoms with Crippen molar-refractivity contribution in [1.29, 1.82) is 0 Å². The number of benzene rings is 1. The molecule has 0 aliphatic rings. The number of nitrogens with one attached hydrogen (secondary N) is 2. The van der Waals surface area contributed by atoms with Gasteiger partial charge in [0.2, 0.25) is 11.8 Å². The Morgan fingerprint density at radius 1 is 0.947 bits per heavy atom. The van der Waals surface area contributed by atoms with E-state index in [1.165, 1.54) is 0 Å². The smallest absolute Gasteiger partial charge is 0.408 e. The summed E-state index contributed by atoms with van der Waals surface area (Å²) in [4.78, 5) is 42.6. The molecule has 1 aromatic rings. The first-order valence-corrected chi connectivity index (χ1v) is 13.7. The van der Waals surface area contributed by atoms with Crippen molar-refractivity contribution >= 4 is 17.9 Å². The molecule has 3 atom stereocenters. The van der Waals surface area contributed by atoms with Crippen molar-refractivity contribution in [2.24, 2.45) is 11.8 Å². The van der Waals surface area contributed by atoms with Crippen LogP contribution >= 0.6 is 0 Å². The summed E-state index contributed by atoms with van der Waals surface area (Å²) >= 11 is 0. The minimum absolute atomic E-state index is 0.104. The van der Waals surface area contributed by atoms with Crippen molar-refractivity contribution < 1.29 is 19.1 Å². The number of hydrogen-bond acceptors (Lipinski definition) is 4. The van der Waals surface area contributed by atoms with Crippen LogP contribution in [0.4, 0.5) is 4.79 Å². The predicted octanol–water partition coefficient (Wildman–Crippen LogP) is 5.83. The Balaban J connectivity index is 3.70. The quantitative estimate of drug-likeness (QED) is 0.335. The van der Waals surface area contributed by atoms with Gasteiger partial charge in [-0.2, -0.15) is 0 Å². The fraction of sp³-hybridized carbons (Fsp3) is 0.645. The Bertz CT molecular complexity index is 972. The molecule has 3 amide bonds. The Kier molecular flexibility index (Phi) is 12.9. The zero-order chi connectivity index (χ0) is 29.2. The molecule has 0 aliphatic heterocycles. The van der Waals surface area contributed by atoms with E-state index in [0.29, 0.717) is 29.9 Å². The van der Waals surface area contributed by atoms with Gasteiger partial charge in [-0.05, 0) is 84.3 Å². The van der Waals surface area contributed by atoms with Crippen molar-refractivity contribution in [1.82, 2.24) is 15.5 Å². The van der Waals surface area contributed by atoms with Gasteiger partial charge in [-0.15, -0.1) is 6.42 Å². The summed E-state index contributed by atoms with van der Waals surface area (Å²) in [5, 5.41) is 5.78. The summed E-state index contributed by atoms with van der Waals surface area (Å²) in [6, 6.07) is 4.93. The molecule has 0 aromatic heterocycles. The Morgan fingerprint density at radius 3 is 2.05 bits per heavy atom. The number of alkyl carbamates (subject to hydrolysis) is 1. The lowest BCUT2D eigenvalue weighted by atomic mass is 9.93. The van der Waals surface area contributed by atoms with E-state index in [-0.39, 0.29) is 29.8 Å². The number of carbonyl (C=O) groups excluding carboxylic acids is 3. The van der Waals surface area contributed by atoms with E-state index in [9.17, 15) is 14.4 Å². The summed E-state index contributed by atoms with van der Waals surface area (Å²) in [6.45, 7) is 19.3. The lowest BCUT2D eigenvalue weighted by Gasteiger charge is -2.39. The summed E-state index contributed by atoms with van der Waals surface area (Å²) in [5.74, 6) is 2.55. The normalized spacial score (nSPS) is 14.0. The maximum atomic E-state index is 14.4. The molecule has 0 radical (unpaired) electrons.